The van der Waals surface area contributed by atoms with Gasteiger partial charge in [0.05, 0.1) is 5.56 Å². The molecule has 0 saturated carbocycles. The molecular formula is C9H5NO4S. The number of nitrogens with zero attached hydrogens (tertiary/aromatic N) is 1. The normalized spacial score (nSPS) is 10.4. The summed E-state index contributed by atoms with van der Waals surface area (Å²) in [6, 6.07) is 2.83. The number of hydrogen-bond donors (Lipinski definition) is 2. The lowest BCUT2D eigenvalue weighted by molar-refractivity contribution is 0.0688. The van der Waals surface area contributed by atoms with Crippen molar-refractivity contribution in [2.75, 3.05) is 0 Å². The number of aromatic nitrogens is 1. The van der Waals surface area contributed by atoms with Crippen molar-refractivity contribution in [2.45, 2.75) is 0 Å². The predicted octanol–water partition coefficient (Wildman–Crippen LogP) is 1.69. The van der Waals surface area contributed by atoms with Crippen LogP contribution in [0.5, 0.6) is 0 Å². The second-order valence-electron chi connectivity index (χ2n) is 2.84. The van der Waals surface area contributed by atoms with Gasteiger partial charge in [-0.3, -0.25) is 0 Å². The molecule has 2 heterocycles. The van der Waals surface area contributed by atoms with E-state index in [2.05, 4.69) is 4.98 Å². The van der Waals surface area contributed by atoms with E-state index in [1.165, 1.54) is 18.3 Å². The van der Waals surface area contributed by atoms with E-state index in [0.717, 1.165) is 11.3 Å². The van der Waals surface area contributed by atoms with Crippen molar-refractivity contribution in [3.8, 4) is 0 Å². The molecule has 0 aliphatic rings. The van der Waals surface area contributed by atoms with E-state index in [-0.39, 0.29) is 10.4 Å². The fraction of sp³-hybridized carbons (Fsp3) is 0. The fourth-order valence-electron chi connectivity index (χ4n) is 1.16. The van der Waals surface area contributed by atoms with Crippen LogP contribution in [0.25, 0.3) is 10.2 Å². The molecule has 0 aliphatic heterocycles. The monoisotopic (exact) mass is 223 g/mol. The van der Waals surface area contributed by atoms with Crippen LogP contribution in [0, 0.1) is 0 Å². The average Bonchev–Trinajstić information content (AvgIpc) is 2.59. The summed E-state index contributed by atoms with van der Waals surface area (Å²) in [5.41, 5.74) is 0.0530. The third kappa shape index (κ3) is 1.66. The van der Waals surface area contributed by atoms with Crippen LogP contribution in [0.15, 0.2) is 18.3 Å². The SMILES string of the molecule is O=C(O)c1cnc2sc(C(=O)O)cc2c1. The lowest BCUT2D eigenvalue weighted by Crippen LogP contribution is -1.95. The lowest BCUT2D eigenvalue weighted by Gasteiger charge is -1.92. The highest BCUT2D eigenvalue weighted by molar-refractivity contribution is 7.20. The molecule has 0 unspecified atom stereocenters. The van der Waals surface area contributed by atoms with Gasteiger partial charge in [0.25, 0.3) is 0 Å². The zero-order valence-electron chi connectivity index (χ0n) is 7.30. The van der Waals surface area contributed by atoms with Crippen LogP contribution in [0.4, 0.5) is 0 Å². The molecular weight excluding hydrogens is 218 g/mol. The molecule has 6 heteroatoms. The number of hydrogen-bond acceptors (Lipinski definition) is 4. The second kappa shape index (κ2) is 3.32. The Hall–Kier alpha value is -1.95. The first-order valence-corrected chi connectivity index (χ1v) is 4.76. The summed E-state index contributed by atoms with van der Waals surface area (Å²) in [6.07, 6.45) is 1.22. The Balaban J connectivity index is 2.62. The minimum Gasteiger partial charge on any atom is -0.478 e. The van der Waals surface area contributed by atoms with E-state index in [4.69, 9.17) is 10.2 Å². The van der Waals surface area contributed by atoms with E-state index < -0.39 is 11.9 Å². The van der Waals surface area contributed by atoms with Gasteiger partial charge in [0, 0.05) is 11.6 Å². The quantitative estimate of drug-likeness (QED) is 0.808. The van der Waals surface area contributed by atoms with Gasteiger partial charge >= 0.3 is 11.9 Å². The van der Waals surface area contributed by atoms with Crippen molar-refractivity contribution in [3.63, 3.8) is 0 Å². The van der Waals surface area contributed by atoms with Gasteiger partial charge < -0.3 is 10.2 Å². The number of pyridine rings is 1. The molecule has 2 aromatic rings. The summed E-state index contributed by atoms with van der Waals surface area (Å²) in [5, 5.41) is 18.0. The molecule has 0 aromatic carbocycles. The van der Waals surface area contributed by atoms with Gasteiger partial charge in [-0.05, 0) is 12.1 Å². The van der Waals surface area contributed by atoms with Crippen LogP contribution in [0.3, 0.4) is 0 Å². The molecule has 15 heavy (non-hydrogen) atoms. The van der Waals surface area contributed by atoms with Crippen molar-refractivity contribution in [2.24, 2.45) is 0 Å². The molecule has 0 aliphatic carbocycles. The molecule has 2 rings (SSSR count). The number of aromatic carboxylic acids is 2. The third-order valence-electron chi connectivity index (χ3n) is 1.83. The van der Waals surface area contributed by atoms with Gasteiger partial charge in [0.15, 0.2) is 0 Å². The molecule has 0 amide bonds. The van der Waals surface area contributed by atoms with Crippen LogP contribution < -0.4 is 0 Å². The van der Waals surface area contributed by atoms with E-state index in [1.54, 1.807) is 0 Å². The summed E-state index contributed by atoms with van der Waals surface area (Å²) in [5.74, 6) is -2.11. The van der Waals surface area contributed by atoms with Crippen molar-refractivity contribution in [3.05, 3.63) is 28.8 Å². The summed E-state index contributed by atoms with van der Waals surface area (Å²) in [7, 11) is 0. The lowest BCUT2D eigenvalue weighted by atomic mass is 10.2. The topological polar surface area (TPSA) is 87.5 Å². The fourth-order valence-corrected chi connectivity index (χ4v) is 1.98. The van der Waals surface area contributed by atoms with Crippen molar-refractivity contribution < 1.29 is 19.8 Å². The van der Waals surface area contributed by atoms with E-state index in [1.807, 2.05) is 0 Å². The molecule has 2 N–H and O–H groups in total. The summed E-state index contributed by atoms with van der Waals surface area (Å²) in [6.45, 7) is 0. The number of carboxylic acids is 2. The Bertz CT molecular complexity index is 548. The summed E-state index contributed by atoms with van der Waals surface area (Å²) < 4.78 is 0. The number of carbonyl (C=O) groups is 2. The Morgan fingerprint density at radius 3 is 2.53 bits per heavy atom. The highest BCUT2D eigenvalue weighted by atomic mass is 32.1. The maximum Gasteiger partial charge on any atom is 0.345 e. The van der Waals surface area contributed by atoms with E-state index in [0.29, 0.717) is 10.2 Å². The van der Waals surface area contributed by atoms with Gasteiger partial charge in [-0.1, -0.05) is 0 Å². The molecule has 76 valence electrons. The van der Waals surface area contributed by atoms with E-state index >= 15 is 0 Å². The molecule has 2 aromatic heterocycles. The van der Waals surface area contributed by atoms with Crippen LogP contribution in [0.1, 0.15) is 20.0 Å². The highest BCUT2D eigenvalue weighted by Crippen LogP contribution is 2.24. The summed E-state index contributed by atoms with van der Waals surface area (Å²) in [4.78, 5) is 25.8. The van der Waals surface area contributed by atoms with Gasteiger partial charge in [-0.2, -0.15) is 0 Å². The van der Waals surface area contributed by atoms with Gasteiger partial charge in [0.2, 0.25) is 0 Å². The Kier molecular flexibility index (Phi) is 2.12. The van der Waals surface area contributed by atoms with Gasteiger partial charge in [0.1, 0.15) is 9.71 Å². The van der Waals surface area contributed by atoms with Crippen molar-refractivity contribution in [1.29, 1.82) is 0 Å². The molecule has 0 saturated heterocycles. The first kappa shape index (κ1) is 9.60. The molecule has 0 atom stereocenters. The standard InChI is InChI=1S/C9H5NO4S/c11-8(12)5-1-4-2-6(9(13)14)15-7(4)10-3-5/h1-3H,(H,11,12)(H,13,14). The first-order valence-electron chi connectivity index (χ1n) is 3.94. The number of rotatable bonds is 2. The van der Waals surface area contributed by atoms with E-state index in [9.17, 15) is 9.59 Å². The highest BCUT2D eigenvalue weighted by Gasteiger charge is 2.11. The van der Waals surface area contributed by atoms with Crippen LogP contribution >= 0.6 is 11.3 Å². The van der Waals surface area contributed by atoms with Gasteiger partial charge in [-0.15, -0.1) is 11.3 Å². The Labute approximate surface area is 87.6 Å². The molecule has 0 bridgehead atoms. The zero-order valence-corrected chi connectivity index (χ0v) is 8.11. The Morgan fingerprint density at radius 2 is 1.93 bits per heavy atom. The predicted molar refractivity (Wildman–Crippen MR) is 53.5 cm³/mol. The molecule has 5 nitrogen and oxygen atoms in total. The van der Waals surface area contributed by atoms with Crippen molar-refractivity contribution >= 4 is 33.5 Å². The number of fused-ring (bicyclic) bond motifs is 1. The minimum atomic E-state index is -1.08. The van der Waals surface area contributed by atoms with Crippen LogP contribution in [0.2, 0.25) is 0 Å². The number of carboxylic acid groups (broad SMARTS) is 2. The van der Waals surface area contributed by atoms with Gasteiger partial charge in [-0.25, -0.2) is 14.6 Å². The molecule has 0 radical (unpaired) electrons. The maximum absolute atomic E-state index is 10.7. The van der Waals surface area contributed by atoms with Crippen molar-refractivity contribution in [1.82, 2.24) is 4.98 Å². The maximum atomic E-state index is 10.7. The van der Waals surface area contributed by atoms with Crippen LogP contribution in [-0.4, -0.2) is 27.1 Å². The van der Waals surface area contributed by atoms with Crippen LogP contribution in [-0.2, 0) is 0 Å². The smallest absolute Gasteiger partial charge is 0.345 e. The number of thiophene rings is 1. The Morgan fingerprint density at radius 1 is 1.20 bits per heavy atom. The summed E-state index contributed by atoms with van der Waals surface area (Å²) >= 11 is 1.02. The second-order valence-corrected chi connectivity index (χ2v) is 3.87. The average molecular weight is 223 g/mol. The third-order valence-corrected chi connectivity index (χ3v) is 2.88. The minimum absolute atomic E-state index is 0.0530. The molecule has 0 spiro atoms. The molecule has 0 fully saturated rings. The first-order chi connectivity index (χ1) is 7.08. The largest absolute Gasteiger partial charge is 0.478 e. The zero-order chi connectivity index (χ0) is 11.0.